The fourth-order valence-corrected chi connectivity index (χ4v) is 3.62. The second-order valence-electron chi connectivity index (χ2n) is 9.72. The van der Waals surface area contributed by atoms with E-state index in [1.165, 1.54) is 71.6 Å². The van der Waals surface area contributed by atoms with Crippen LogP contribution in [0.5, 0.6) is 5.75 Å². The minimum absolute atomic E-state index is 0.0219. The number of benzene rings is 2. The molecule has 11 nitrogen and oxygen atoms in total. The molecule has 0 atom stereocenters. The number of nitrogens with zero attached hydrogens (tertiary/aromatic N) is 3. The van der Waals surface area contributed by atoms with Gasteiger partial charge >= 0.3 is 29.8 Å². The van der Waals surface area contributed by atoms with Gasteiger partial charge in [0.15, 0.2) is 18.0 Å². The van der Waals surface area contributed by atoms with Crippen LogP contribution < -0.4 is 10.4 Å². The second-order valence-corrected chi connectivity index (χ2v) is 9.72. The van der Waals surface area contributed by atoms with Gasteiger partial charge in [-0.2, -0.15) is 18.3 Å². The van der Waals surface area contributed by atoms with E-state index in [1.54, 1.807) is 0 Å². The number of esters is 2. The first-order valence-corrected chi connectivity index (χ1v) is 12.9. The number of aromatic nitrogens is 3. The maximum atomic E-state index is 13.0. The first-order valence-electron chi connectivity index (χ1n) is 12.9. The molecule has 0 unspecified atom stereocenters. The standard InChI is InChI=1S/C28H30F3N3O8/c1-4-14-33-22(17-41-24(36)20-9-11-21(12-10-20)42-27(2,3)25(37)38)32-34(26(33)39)16-18-5-7-19(8-6-18)23(35)40-15-13-28(29,30)31/h5-12H,4,13-17H2,1-3H3,(H,37,38). The van der Waals surface area contributed by atoms with Crippen LogP contribution in [-0.2, 0) is 34.0 Å². The highest BCUT2D eigenvalue weighted by atomic mass is 19.4. The summed E-state index contributed by atoms with van der Waals surface area (Å²) in [5.74, 6) is -2.28. The van der Waals surface area contributed by atoms with Crippen LogP contribution in [0.4, 0.5) is 13.2 Å². The molecule has 0 saturated heterocycles. The largest absolute Gasteiger partial charge is 0.478 e. The first kappa shape index (κ1) is 31.9. The van der Waals surface area contributed by atoms with Crippen molar-refractivity contribution in [3.8, 4) is 5.75 Å². The summed E-state index contributed by atoms with van der Waals surface area (Å²) in [6, 6.07) is 11.5. The van der Waals surface area contributed by atoms with E-state index in [0.717, 1.165) is 0 Å². The number of aliphatic carboxylic acids is 1. The minimum atomic E-state index is -4.43. The van der Waals surface area contributed by atoms with Gasteiger partial charge in [-0.1, -0.05) is 19.1 Å². The number of alkyl halides is 3. The number of ether oxygens (including phenoxy) is 3. The fourth-order valence-electron chi connectivity index (χ4n) is 3.62. The number of carboxylic acids is 1. The molecule has 0 bridgehead atoms. The topological polar surface area (TPSA) is 139 Å². The average molecular weight is 594 g/mol. The Balaban J connectivity index is 1.65. The molecule has 3 rings (SSSR count). The summed E-state index contributed by atoms with van der Waals surface area (Å²) in [6.45, 7) is 3.91. The van der Waals surface area contributed by atoms with Gasteiger partial charge in [0.25, 0.3) is 0 Å². The van der Waals surface area contributed by atoms with Crippen LogP contribution in [0.1, 0.15) is 65.7 Å². The first-order chi connectivity index (χ1) is 19.7. The molecule has 226 valence electrons. The van der Waals surface area contributed by atoms with E-state index >= 15 is 0 Å². The van der Waals surface area contributed by atoms with E-state index in [-0.39, 0.29) is 35.9 Å². The van der Waals surface area contributed by atoms with Crippen molar-refractivity contribution >= 4 is 17.9 Å². The van der Waals surface area contributed by atoms with E-state index in [2.05, 4.69) is 9.84 Å². The third kappa shape index (κ3) is 8.69. The lowest BCUT2D eigenvalue weighted by atomic mass is 10.1. The van der Waals surface area contributed by atoms with Crippen LogP contribution >= 0.6 is 0 Å². The molecule has 0 radical (unpaired) electrons. The molecule has 1 heterocycles. The molecule has 0 aliphatic heterocycles. The zero-order valence-electron chi connectivity index (χ0n) is 23.1. The maximum Gasteiger partial charge on any atom is 0.392 e. The predicted molar refractivity (Wildman–Crippen MR) is 141 cm³/mol. The van der Waals surface area contributed by atoms with Crippen molar-refractivity contribution in [3.63, 3.8) is 0 Å². The maximum absolute atomic E-state index is 13.0. The lowest BCUT2D eigenvalue weighted by Crippen LogP contribution is -2.37. The van der Waals surface area contributed by atoms with Crippen molar-refractivity contribution in [3.05, 3.63) is 81.5 Å². The summed E-state index contributed by atoms with van der Waals surface area (Å²) in [5.41, 5.74) is -1.08. The fraction of sp³-hybridized carbons (Fsp3) is 0.393. The van der Waals surface area contributed by atoms with Crippen molar-refractivity contribution in [2.75, 3.05) is 6.61 Å². The molecule has 0 fully saturated rings. The van der Waals surface area contributed by atoms with Crippen molar-refractivity contribution in [2.24, 2.45) is 0 Å². The highest BCUT2D eigenvalue weighted by Crippen LogP contribution is 2.21. The van der Waals surface area contributed by atoms with E-state index in [1.807, 2.05) is 6.92 Å². The molecule has 0 amide bonds. The second kappa shape index (κ2) is 13.4. The Labute approximate surface area is 238 Å². The number of carbonyl (C=O) groups is 3. The van der Waals surface area contributed by atoms with Crippen LogP contribution in [0.3, 0.4) is 0 Å². The number of rotatable bonds is 13. The van der Waals surface area contributed by atoms with Gasteiger partial charge in [-0.25, -0.2) is 23.9 Å². The summed E-state index contributed by atoms with van der Waals surface area (Å²) in [6.07, 6.45) is -5.07. The molecule has 2 aromatic carbocycles. The summed E-state index contributed by atoms with van der Waals surface area (Å²) < 4.78 is 54.7. The summed E-state index contributed by atoms with van der Waals surface area (Å²) >= 11 is 0. The van der Waals surface area contributed by atoms with Gasteiger partial charge in [-0.15, -0.1) is 0 Å². The van der Waals surface area contributed by atoms with Gasteiger partial charge < -0.3 is 19.3 Å². The average Bonchev–Trinajstić information content (AvgIpc) is 3.21. The van der Waals surface area contributed by atoms with Crippen molar-refractivity contribution in [2.45, 2.75) is 65.1 Å². The molecule has 3 aromatic rings. The Kier molecular flexibility index (Phi) is 10.1. The molecular weight excluding hydrogens is 563 g/mol. The van der Waals surface area contributed by atoms with Gasteiger partial charge in [0.2, 0.25) is 0 Å². The summed E-state index contributed by atoms with van der Waals surface area (Å²) in [7, 11) is 0. The van der Waals surface area contributed by atoms with Crippen molar-refractivity contribution < 1.29 is 46.9 Å². The normalized spacial score (nSPS) is 11.7. The van der Waals surface area contributed by atoms with E-state index in [0.29, 0.717) is 18.5 Å². The van der Waals surface area contributed by atoms with Crippen LogP contribution in [0.15, 0.2) is 53.3 Å². The minimum Gasteiger partial charge on any atom is -0.478 e. The highest BCUT2D eigenvalue weighted by Gasteiger charge is 2.29. The lowest BCUT2D eigenvalue weighted by molar-refractivity contribution is -0.152. The quantitative estimate of drug-likeness (QED) is 0.289. The Hall–Kier alpha value is -4.62. The van der Waals surface area contributed by atoms with Gasteiger partial charge in [0.05, 0.1) is 24.1 Å². The van der Waals surface area contributed by atoms with Crippen LogP contribution in [0, 0.1) is 0 Å². The number of halogens is 3. The SMILES string of the molecule is CCCn1c(COC(=O)c2ccc(OC(C)(C)C(=O)O)cc2)nn(Cc2ccc(C(=O)OCCC(F)(F)F)cc2)c1=O. The predicted octanol–water partition coefficient (Wildman–Crippen LogP) is 4.21. The molecule has 1 N–H and O–H groups in total. The Bertz CT molecular complexity index is 1460. The van der Waals surface area contributed by atoms with Crippen LogP contribution in [0.2, 0.25) is 0 Å². The third-order valence-corrected chi connectivity index (χ3v) is 5.90. The van der Waals surface area contributed by atoms with Gasteiger partial charge in [-0.05, 0) is 62.2 Å². The van der Waals surface area contributed by atoms with Gasteiger partial charge in [-0.3, -0.25) is 4.57 Å². The van der Waals surface area contributed by atoms with Gasteiger partial charge in [0, 0.05) is 6.54 Å². The van der Waals surface area contributed by atoms with Gasteiger partial charge in [0.1, 0.15) is 12.4 Å². The zero-order valence-corrected chi connectivity index (χ0v) is 23.1. The van der Waals surface area contributed by atoms with Crippen LogP contribution in [-0.4, -0.2) is 55.7 Å². The molecule has 0 aliphatic rings. The smallest absolute Gasteiger partial charge is 0.392 e. The van der Waals surface area contributed by atoms with Crippen molar-refractivity contribution in [1.82, 2.24) is 14.3 Å². The molecule has 0 spiro atoms. The summed E-state index contributed by atoms with van der Waals surface area (Å²) in [5, 5.41) is 13.5. The monoisotopic (exact) mass is 593 g/mol. The lowest BCUT2D eigenvalue weighted by Gasteiger charge is -2.21. The molecule has 42 heavy (non-hydrogen) atoms. The Morgan fingerprint density at radius 2 is 1.50 bits per heavy atom. The number of hydrogen-bond acceptors (Lipinski definition) is 8. The summed E-state index contributed by atoms with van der Waals surface area (Å²) in [4.78, 5) is 48.8. The highest BCUT2D eigenvalue weighted by molar-refractivity contribution is 5.90. The Morgan fingerprint density at radius 3 is 2.05 bits per heavy atom. The molecule has 0 aliphatic carbocycles. The third-order valence-electron chi connectivity index (χ3n) is 5.90. The number of hydrogen-bond donors (Lipinski definition) is 1. The van der Waals surface area contributed by atoms with Crippen molar-refractivity contribution in [1.29, 1.82) is 0 Å². The Morgan fingerprint density at radius 1 is 0.929 bits per heavy atom. The number of carbonyl (C=O) groups excluding carboxylic acids is 2. The van der Waals surface area contributed by atoms with E-state index < -0.39 is 48.4 Å². The van der Waals surface area contributed by atoms with E-state index in [4.69, 9.17) is 9.47 Å². The molecular formula is C28H30F3N3O8. The molecule has 14 heteroatoms. The molecule has 1 aromatic heterocycles. The number of carboxylic acid groups (broad SMARTS) is 1. The zero-order chi connectivity index (χ0) is 31.1. The van der Waals surface area contributed by atoms with Crippen LogP contribution in [0.25, 0.3) is 0 Å². The molecule has 0 saturated carbocycles. The van der Waals surface area contributed by atoms with E-state index in [9.17, 15) is 37.5 Å².